The van der Waals surface area contributed by atoms with Gasteiger partial charge in [-0.05, 0) is 30.2 Å². The number of nitrogens with one attached hydrogen (secondary N) is 1. The van der Waals surface area contributed by atoms with Crippen molar-refractivity contribution in [3.05, 3.63) is 23.8 Å². The SMILES string of the molecule is CCCCOC(=O)N/N=C\c1ccc2c(c1)OCO2. The third kappa shape index (κ3) is 3.87. The first-order chi connectivity index (χ1) is 9.29. The molecule has 0 saturated heterocycles. The highest BCUT2D eigenvalue weighted by atomic mass is 16.7. The number of carbonyl (C=O) groups excluding carboxylic acids is 1. The quantitative estimate of drug-likeness (QED) is 0.503. The summed E-state index contributed by atoms with van der Waals surface area (Å²) in [6, 6.07) is 5.40. The Labute approximate surface area is 111 Å². The second-order valence-corrected chi connectivity index (χ2v) is 3.97. The highest BCUT2D eigenvalue weighted by Gasteiger charge is 2.12. The van der Waals surface area contributed by atoms with Gasteiger partial charge in [-0.1, -0.05) is 13.3 Å². The molecule has 6 nitrogen and oxygen atoms in total. The standard InChI is InChI=1S/C13H16N2O4/c1-2-3-6-17-13(16)15-14-8-10-4-5-11-12(7-10)19-9-18-11/h4-5,7-8H,2-3,6,9H2,1H3,(H,15,16)/b14-8-. The lowest BCUT2D eigenvalue weighted by Crippen LogP contribution is -2.19. The maximum absolute atomic E-state index is 11.2. The maximum atomic E-state index is 11.2. The van der Waals surface area contributed by atoms with Crippen molar-refractivity contribution in [2.45, 2.75) is 19.8 Å². The third-order valence-electron chi connectivity index (χ3n) is 2.50. The molecule has 0 aromatic heterocycles. The number of nitrogens with zero attached hydrogens (tertiary/aromatic N) is 1. The zero-order chi connectivity index (χ0) is 13.5. The van der Waals surface area contributed by atoms with Crippen LogP contribution in [0.5, 0.6) is 11.5 Å². The van der Waals surface area contributed by atoms with Gasteiger partial charge in [0.15, 0.2) is 11.5 Å². The van der Waals surface area contributed by atoms with E-state index < -0.39 is 6.09 Å². The Hall–Kier alpha value is -2.24. The Morgan fingerprint density at radius 3 is 3.16 bits per heavy atom. The molecule has 1 amide bonds. The van der Waals surface area contributed by atoms with Crippen LogP contribution in [-0.4, -0.2) is 25.7 Å². The summed E-state index contributed by atoms with van der Waals surface area (Å²) in [6.07, 6.45) is 2.79. The molecule has 0 aliphatic carbocycles. The molecule has 0 radical (unpaired) electrons. The van der Waals surface area contributed by atoms with E-state index >= 15 is 0 Å². The fraction of sp³-hybridized carbons (Fsp3) is 0.385. The minimum absolute atomic E-state index is 0.234. The summed E-state index contributed by atoms with van der Waals surface area (Å²) in [6.45, 7) is 2.67. The number of unbranched alkanes of at least 4 members (excludes halogenated alkanes) is 1. The molecule has 0 fully saturated rings. The van der Waals surface area contributed by atoms with Crippen molar-refractivity contribution >= 4 is 12.3 Å². The molecule has 2 rings (SSSR count). The van der Waals surface area contributed by atoms with E-state index in [2.05, 4.69) is 10.5 Å². The Morgan fingerprint density at radius 2 is 2.32 bits per heavy atom. The lowest BCUT2D eigenvalue weighted by atomic mass is 10.2. The first-order valence-corrected chi connectivity index (χ1v) is 6.15. The highest BCUT2D eigenvalue weighted by molar-refractivity contribution is 5.82. The van der Waals surface area contributed by atoms with Crippen LogP contribution in [0.3, 0.4) is 0 Å². The summed E-state index contributed by atoms with van der Waals surface area (Å²) in [7, 11) is 0. The van der Waals surface area contributed by atoms with E-state index in [0.29, 0.717) is 18.1 Å². The normalized spacial score (nSPS) is 12.7. The molecule has 0 atom stereocenters. The summed E-state index contributed by atoms with van der Waals surface area (Å²) >= 11 is 0. The maximum Gasteiger partial charge on any atom is 0.427 e. The summed E-state index contributed by atoms with van der Waals surface area (Å²) in [4.78, 5) is 11.2. The molecule has 0 bridgehead atoms. The van der Waals surface area contributed by atoms with E-state index in [9.17, 15) is 4.79 Å². The van der Waals surface area contributed by atoms with Crippen molar-refractivity contribution in [2.75, 3.05) is 13.4 Å². The molecule has 1 aromatic rings. The van der Waals surface area contributed by atoms with Crippen molar-refractivity contribution in [2.24, 2.45) is 5.10 Å². The van der Waals surface area contributed by atoms with Crippen LogP contribution in [0, 0.1) is 0 Å². The van der Waals surface area contributed by atoms with E-state index in [0.717, 1.165) is 18.4 Å². The van der Waals surface area contributed by atoms with Gasteiger partial charge in [0.25, 0.3) is 0 Å². The van der Waals surface area contributed by atoms with Crippen LogP contribution in [0.4, 0.5) is 4.79 Å². The van der Waals surface area contributed by atoms with Crippen molar-refractivity contribution < 1.29 is 19.0 Å². The van der Waals surface area contributed by atoms with Crippen LogP contribution < -0.4 is 14.9 Å². The molecule has 0 saturated carbocycles. The molecule has 102 valence electrons. The van der Waals surface area contributed by atoms with Crippen molar-refractivity contribution in [1.82, 2.24) is 5.43 Å². The highest BCUT2D eigenvalue weighted by Crippen LogP contribution is 2.31. The summed E-state index contributed by atoms with van der Waals surface area (Å²) in [5.41, 5.74) is 3.10. The van der Waals surface area contributed by atoms with Gasteiger partial charge in [0.2, 0.25) is 6.79 Å². The molecule has 1 N–H and O–H groups in total. The third-order valence-corrected chi connectivity index (χ3v) is 2.50. The zero-order valence-corrected chi connectivity index (χ0v) is 10.7. The molecule has 1 aromatic carbocycles. The van der Waals surface area contributed by atoms with Crippen LogP contribution in [0.25, 0.3) is 0 Å². The summed E-state index contributed by atoms with van der Waals surface area (Å²) in [5.74, 6) is 1.39. The van der Waals surface area contributed by atoms with Crippen LogP contribution in [0.1, 0.15) is 25.3 Å². The van der Waals surface area contributed by atoms with Crippen LogP contribution in [-0.2, 0) is 4.74 Å². The first kappa shape index (κ1) is 13.2. The number of benzene rings is 1. The predicted octanol–water partition coefficient (Wildman–Crippen LogP) is 2.28. The van der Waals surface area contributed by atoms with Crippen molar-refractivity contribution in [3.63, 3.8) is 0 Å². The Kier molecular flexibility index (Phi) is 4.60. The second-order valence-electron chi connectivity index (χ2n) is 3.97. The number of carbonyl (C=O) groups is 1. The number of rotatable bonds is 5. The van der Waals surface area contributed by atoms with Gasteiger partial charge in [-0.15, -0.1) is 0 Å². The van der Waals surface area contributed by atoms with Gasteiger partial charge in [0, 0.05) is 0 Å². The molecule has 0 spiro atoms. The molecule has 1 heterocycles. The Bertz CT molecular complexity index is 474. The largest absolute Gasteiger partial charge is 0.454 e. The fourth-order valence-corrected chi connectivity index (χ4v) is 1.49. The molecule has 19 heavy (non-hydrogen) atoms. The van der Waals surface area contributed by atoms with Gasteiger partial charge in [0.05, 0.1) is 12.8 Å². The van der Waals surface area contributed by atoms with Crippen molar-refractivity contribution in [1.29, 1.82) is 0 Å². The van der Waals surface area contributed by atoms with Gasteiger partial charge >= 0.3 is 6.09 Å². The number of ether oxygens (including phenoxy) is 3. The van der Waals surface area contributed by atoms with Crippen LogP contribution in [0.2, 0.25) is 0 Å². The molecular formula is C13H16N2O4. The smallest absolute Gasteiger partial charge is 0.427 e. The Balaban J connectivity index is 1.80. The zero-order valence-electron chi connectivity index (χ0n) is 10.7. The number of hydrogen-bond acceptors (Lipinski definition) is 5. The minimum atomic E-state index is -0.551. The number of fused-ring (bicyclic) bond motifs is 1. The van der Waals surface area contributed by atoms with E-state index in [1.165, 1.54) is 6.21 Å². The van der Waals surface area contributed by atoms with Gasteiger partial charge in [-0.3, -0.25) is 0 Å². The second kappa shape index (κ2) is 6.63. The van der Waals surface area contributed by atoms with Gasteiger partial charge in [-0.2, -0.15) is 5.10 Å². The molecule has 6 heteroatoms. The molecular weight excluding hydrogens is 248 g/mol. The summed E-state index contributed by atoms with van der Waals surface area (Å²) in [5, 5.41) is 3.80. The molecule has 0 unspecified atom stereocenters. The van der Waals surface area contributed by atoms with Crippen molar-refractivity contribution in [3.8, 4) is 11.5 Å². The topological polar surface area (TPSA) is 69.2 Å². The molecule has 1 aliphatic rings. The number of amides is 1. The molecule has 1 aliphatic heterocycles. The lowest BCUT2D eigenvalue weighted by Gasteiger charge is -2.01. The van der Waals surface area contributed by atoms with E-state index in [1.807, 2.05) is 13.0 Å². The Morgan fingerprint density at radius 1 is 1.47 bits per heavy atom. The fourth-order valence-electron chi connectivity index (χ4n) is 1.49. The lowest BCUT2D eigenvalue weighted by molar-refractivity contribution is 0.145. The van der Waals surface area contributed by atoms with Crippen LogP contribution >= 0.6 is 0 Å². The average Bonchev–Trinajstić information content (AvgIpc) is 2.86. The summed E-state index contributed by atoms with van der Waals surface area (Å²) < 4.78 is 15.3. The van der Waals surface area contributed by atoms with Crippen LogP contribution in [0.15, 0.2) is 23.3 Å². The predicted molar refractivity (Wildman–Crippen MR) is 69.6 cm³/mol. The van der Waals surface area contributed by atoms with Gasteiger partial charge in [0.1, 0.15) is 0 Å². The number of hydrazone groups is 1. The average molecular weight is 264 g/mol. The van der Waals surface area contributed by atoms with Gasteiger partial charge < -0.3 is 14.2 Å². The van der Waals surface area contributed by atoms with E-state index in [-0.39, 0.29) is 6.79 Å². The minimum Gasteiger partial charge on any atom is -0.454 e. The number of hydrogen-bond donors (Lipinski definition) is 1. The first-order valence-electron chi connectivity index (χ1n) is 6.15. The monoisotopic (exact) mass is 264 g/mol. The van der Waals surface area contributed by atoms with E-state index in [1.54, 1.807) is 12.1 Å². The van der Waals surface area contributed by atoms with E-state index in [4.69, 9.17) is 14.2 Å². The van der Waals surface area contributed by atoms with Gasteiger partial charge in [-0.25, -0.2) is 10.2 Å².